The second-order valence-electron chi connectivity index (χ2n) is 6.50. The first-order chi connectivity index (χ1) is 12.8. The Morgan fingerprint density at radius 2 is 1.96 bits per heavy atom. The molecule has 150 valence electrons. The minimum Gasteiger partial charge on any atom is -0.497 e. The Morgan fingerprint density at radius 3 is 2.56 bits per heavy atom. The quantitative estimate of drug-likeness (QED) is 0.706. The summed E-state index contributed by atoms with van der Waals surface area (Å²) in [4.78, 5) is 24.4. The molecule has 2 atom stereocenters. The molecule has 1 aliphatic heterocycles. The van der Waals surface area contributed by atoms with Gasteiger partial charge in [-0.1, -0.05) is 0 Å². The number of carbonyl (C=O) groups is 2. The summed E-state index contributed by atoms with van der Waals surface area (Å²) < 4.78 is 32.1. The van der Waals surface area contributed by atoms with E-state index in [0.29, 0.717) is 31.7 Å². The van der Waals surface area contributed by atoms with E-state index in [0.717, 1.165) is 0 Å². The average molecular weight is 397 g/mol. The summed E-state index contributed by atoms with van der Waals surface area (Å²) in [6.45, 7) is 4.36. The first-order valence-corrected chi connectivity index (χ1v) is 10.5. The summed E-state index contributed by atoms with van der Waals surface area (Å²) in [5.74, 6) is -0.472. The van der Waals surface area contributed by atoms with Gasteiger partial charge in [0.2, 0.25) is 21.8 Å². The van der Waals surface area contributed by atoms with Crippen molar-refractivity contribution in [3.8, 4) is 5.75 Å². The molecule has 0 aliphatic carbocycles. The number of methoxy groups -OCH3 is 1. The zero-order valence-electron chi connectivity index (χ0n) is 15.9. The Kier molecular flexibility index (Phi) is 7.20. The van der Waals surface area contributed by atoms with Gasteiger partial charge >= 0.3 is 0 Å². The number of hydrogen-bond donors (Lipinski definition) is 2. The molecular formula is C18H27N3O5S. The van der Waals surface area contributed by atoms with Gasteiger partial charge in [0.1, 0.15) is 11.8 Å². The highest BCUT2D eigenvalue weighted by atomic mass is 32.2. The number of hydrogen-bond acceptors (Lipinski definition) is 5. The first kappa shape index (κ1) is 21.2. The van der Waals surface area contributed by atoms with Crippen LogP contribution in [0.5, 0.6) is 5.75 Å². The molecule has 0 spiro atoms. The van der Waals surface area contributed by atoms with E-state index in [2.05, 4.69) is 10.6 Å². The molecule has 9 heteroatoms. The van der Waals surface area contributed by atoms with Crippen molar-refractivity contribution in [2.24, 2.45) is 5.92 Å². The van der Waals surface area contributed by atoms with E-state index < -0.39 is 22.0 Å². The molecule has 0 bridgehead atoms. The Labute approximate surface area is 160 Å². The molecule has 1 aromatic rings. The maximum absolute atomic E-state index is 12.9. The Balaban J connectivity index is 2.05. The Morgan fingerprint density at radius 1 is 1.30 bits per heavy atom. The fourth-order valence-corrected chi connectivity index (χ4v) is 4.52. The van der Waals surface area contributed by atoms with Crippen LogP contribution in [0.3, 0.4) is 0 Å². The lowest BCUT2D eigenvalue weighted by Gasteiger charge is -2.31. The van der Waals surface area contributed by atoms with Crippen LogP contribution in [0.25, 0.3) is 0 Å². The monoisotopic (exact) mass is 397 g/mol. The van der Waals surface area contributed by atoms with Crippen molar-refractivity contribution in [1.82, 2.24) is 14.9 Å². The van der Waals surface area contributed by atoms with Crippen LogP contribution in [0.1, 0.15) is 26.7 Å². The van der Waals surface area contributed by atoms with Crippen molar-refractivity contribution >= 4 is 21.8 Å². The molecular weight excluding hydrogens is 370 g/mol. The Hall–Kier alpha value is -2.13. The molecule has 1 heterocycles. The summed E-state index contributed by atoms with van der Waals surface area (Å²) in [6, 6.07) is 5.51. The molecule has 0 saturated carbocycles. The molecule has 27 heavy (non-hydrogen) atoms. The molecule has 1 fully saturated rings. The number of likely N-dealkylation sites (N-methyl/N-ethyl adjacent to an activating group) is 1. The second kappa shape index (κ2) is 9.18. The van der Waals surface area contributed by atoms with E-state index in [1.165, 1.54) is 23.5 Å². The van der Waals surface area contributed by atoms with Crippen molar-refractivity contribution in [1.29, 1.82) is 0 Å². The summed E-state index contributed by atoms with van der Waals surface area (Å²) in [5, 5.41) is 5.32. The summed E-state index contributed by atoms with van der Waals surface area (Å²) in [7, 11) is -2.18. The molecule has 1 saturated heterocycles. The van der Waals surface area contributed by atoms with Gasteiger partial charge in [0.25, 0.3) is 0 Å². The zero-order chi connectivity index (χ0) is 20.0. The van der Waals surface area contributed by atoms with E-state index >= 15 is 0 Å². The van der Waals surface area contributed by atoms with E-state index in [4.69, 9.17) is 4.74 Å². The van der Waals surface area contributed by atoms with Crippen LogP contribution in [-0.2, 0) is 19.6 Å². The summed E-state index contributed by atoms with van der Waals surface area (Å²) in [6.07, 6.45) is 1.17. The van der Waals surface area contributed by atoms with Gasteiger partial charge in [-0.2, -0.15) is 4.31 Å². The molecule has 0 radical (unpaired) electrons. The van der Waals surface area contributed by atoms with E-state index in [1.807, 2.05) is 0 Å². The van der Waals surface area contributed by atoms with Crippen LogP contribution >= 0.6 is 0 Å². The van der Waals surface area contributed by atoms with Crippen LogP contribution in [-0.4, -0.2) is 57.3 Å². The first-order valence-electron chi connectivity index (χ1n) is 9.02. The van der Waals surface area contributed by atoms with Crippen LogP contribution in [0.2, 0.25) is 0 Å². The predicted octanol–water partition coefficient (Wildman–Crippen LogP) is 0.737. The maximum Gasteiger partial charge on any atom is 0.243 e. The minimum atomic E-state index is -3.69. The number of nitrogens with one attached hydrogen (secondary N) is 2. The summed E-state index contributed by atoms with van der Waals surface area (Å²) in [5.41, 5.74) is 0. The highest BCUT2D eigenvalue weighted by molar-refractivity contribution is 7.89. The fraction of sp³-hybridized carbons (Fsp3) is 0.556. The standard InChI is InChI=1S/C18H27N3O5S/c1-4-19-17(22)13(2)20-18(23)14-6-5-11-21(12-14)27(24,25)16-9-7-15(26-3)8-10-16/h7-10,13-14H,4-6,11-12H2,1-3H3,(H,19,22)(H,20,23)/t13-,14-/m0/s1. The molecule has 1 aliphatic rings. The van der Waals surface area contributed by atoms with Gasteiger partial charge in [-0.3, -0.25) is 9.59 Å². The SMILES string of the molecule is CCNC(=O)[C@H](C)NC(=O)[C@H]1CCCN(S(=O)(=O)c2ccc(OC)cc2)C1. The van der Waals surface area contributed by atoms with Crippen molar-refractivity contribution < 1.29 is 22.7 Å². The third kappa shape index (κ3) is 5.20. The third-order valence-corrected chi connectivity index (χ3v) is 6.43. The number of carbonyl (C=O) groups excluding carboxylic acids is 2. The van der Waals surface area contributed by atoms with Crippen LogP contribution in [0.4, 0.5) is 0 Å². The highest BCUT2D eigenvalue weighted by Crippen LogP contribution is 2.25. The third-order valence-electron chi connectivity index (χ3n) is 4.56. The van der Waals surface area contributed by atoms with Crippen molar-refractivity contribution in [2.45, 2.75) is 37.6 Å². The number of nitrogens with zero attached hydrogens (tertiary/aromatic N) is 1. The number of piperidine rings is 1. The lowest BCUT2D eigenvalue weighted by atomic mass is 9.98. The van der Waals surface area contributed by atoms with Gasteiger partial charge in [0, 0.05) is 19.6 Å². The van der Waals surface area contributed by atoms with Gasteiger partial charge in [0.05, 0.1) is 17.9 Å². The topological polar surface area (TPSA) is 105 Å². The van der Waals surface area contributed by atoms with Crippen LogP contribution in [0, 0.1) is 5.92 Å². The normalized spacial score (nSPS) is 19.1. The summed E-state index contributed by atoms with van der Waals surface area (Å²) >= 11 is 0. The molecule has 1 aromatic carbocycles. The number of ether oxygens (including phenoxy) is 1. The molecule has 0 aromatic heterocycles. The number of rotatable bonds is 7. The predicted molar refractivity (Wildman–Crippen MR) is 101 cm³/mol. The number of amides is 2. The molecule has 0 unspecified atom stereocenters. The van der Waals surface area contributed by atoms with Gasteiger partial charge < -0.3 is 15.4 Å². The van der Waals surface area contributed by atoms with Gasteiger partial charge in [-0.05, 0) is 51.0 Å². The lowest BCUT2D eigenvalue weighted by Crippen LogP contribution is -2.50. The highest BCUT2D eigenvalue weighted by Gasteiger charge is 2.34. The zero-order valence-corrected chi connectivity index (χ0v) is 16.7. The smallest absolute Gasteiger partial charge is 0.243 e. The molecule has 2 amide bonds. The minimum absolute atomic E-state index is 0.0995. The van der Waals surface area contributed by atoms with Gasteiger partial charge in [-0.15, -0.1) is 0 Å². The lowest BCUT2D eigenvalue weighted by molar-refractivity contribution is -0.131. The maximum atomic E-state index is 12.9. The Bertz CT molecular complexity index is 764. The van der Waals surface area contributed by atoms with Crippen molar-refractivity contribution in [3.05, 3.63) is 24.3 Å². The fourth-order valence-electron chi connectivity index (χ4n) is 3.00. The average Bonchev–Trinajstić information content (AvgIpc) is 2.68. The van der Waals surface area contributed by atoms with E-state index in [9.17, 15) is 18.0 Å². The van der Waals surface area contributed by atoms with E-state index in [-0.39, 0.29) is 23.3 Å². The number of sulfonamides is 1. The van der Waals surface area contributed by atoms with E-state index in [1.54, 1.807) is 26.0 Å². The van der Waals surface area contributed by atoms with Crippen LogP contribution in [0.15, 0.2) is 29.2 Å². The van der Waals surface area contributed by atoms with Crippen molar-refractivity contribution in [3.63, 3.8) is 0 Å². The molecule has 2 N–H and O–H groups in total. The van der Waals surface area contributed by atoms with Gasteiger partial charge in [0.15, 0.2) is 0 Å². The molecule has 2 rings (SSSR count). The number of benzene rings is 1. The van der Waals surface area contributed by atoms with Crippen molar-refractivity contribution in [2.75, 3.05) is 26.7 Å². The van der Waals surface area contributed by atoms with Gasteiger partial charge in [-0.25, -0.2) is 8.42 Å². The molecule has 8 nitrogen and oxygen atoms in total. The second-order valence-corrected chi connectivity index (χ2v) is 8.44. The largest absolute Gasteiger partial charge is 0.497 e. The van der Waals surface area contributed by atoms with Crippen LogP contribution < -0.4 is 15.4 Å².